The molecule has 0 aromatic heterocycles. The summed E-state index contributed by atoms with van der Waals surface area (Å²) in [4.78, 5) is 11.4. The minimum absolute atomic E-state index is 0.256. The lowest BCUT2D eigenvalue weighted by molar-refractivity contribution is -0.121. The van der Waals surface area contributed by atoms with Gasteiger partial charge in [-0.1, -0.05) is 12.2 Å². The molecule has 1 aliphatic heterocycles. The first-order valence-corrected chi connectivity index (χ1v) is 4.08. The molecule has 0 aromatic carbocycles. The van der Waals surface area contributed by atoms with Crippen LogP contribution in [0.25, 0.3) is 0 Å². The highest BCUT2D eigenvalue weighted by molar-refractivity contribution is 5.83. The zero-order valence-corrected chi connectivity index (χ0v) is 7.02. The Labute approximate surface area is 67.7 Å². The summed E-state index contributed by atoms with van der Waals surface area (Å²) in [7, 11) is 0. The molecule has 0 bridgehead atoms. The maximum Gasteiger partial charge on any atom is 0.141 e. The number of rotatable bonds is 3. The standard InChI is InChI=1S/C9H15NO/c1-7(2)5-9(11)8-3-4-10-6-8/h8,10H,1,3-6H2,2H3/t8-/m1/s1. The normalized spacial score (nSPS) is 23.5. The fourth-order valence-corrected chi connectivity index (χ4v) is 1.37. The van der Waals surface area contributed by atoms with E-state index in [4.69, 9.17) is 0 Å². The molecule has 0 unspecified atom stereocenters. The Hall–Kier alpha value is -0.630. The molecule has 0 aliphatic carbocycles. The van der Waals surface area contributed by atoms with E-state index in [2.05, 4.69) is 11.9 Å². The van der Waals surface area contributed by atoms with Crippen LogP contribution in [0.2, 0.25) is 0 Å². The van der Waals surface area contributed by atoms with Crippen molar-refractivity contribution >= 4 is 5.78 Å². The summed E-state index contributed by atoms with van der Waals surface area (Å²) in [5, 5.41) is 3.18. The first kappa shape index (κ1) is 8.47. The van der Waals surface area contributed by atoms with E-state index in [1.54, 1.807) is 0 Å². The van der Waals surface area contributed by atoms with E-state index >= 15 is 0 Å². The number of ketones is 1. The van der Waals surface area contributed by atoms with Crippen molar-refractivity contribution < 1.29 is 4.79 Å². The Morgan fingerprint density at radius 1 is 1.73 bits per heavy atom. The second-order valence-corrected chi connectivity index (χ2v) is 3.29. The molecular weight excluding hydrogens is 138 g/mol. The lowest BCUT2D eigenvalue weighted by Gasteiger charge is -2.05. The number of allylic oxidation sites excluding steroid dienone is 1. The minimum Gasteiger partial charge on any atom is -0.316 e. The predicted octanol–water partition coefficient (Wildman–Crippen LogP) is 1.13. The molecule has 1 heterocycles. The van der Waals surface area contributed by atoms with Crippen LogP contribution >= 0.6 is 0 Å². The second-order valence-electron chi connectivity index (χ2n) is 3.29. The zero-order chi connectivity index (χ0) is 8.27. The van der Waals surface area contributed by atoms with E-state index in [0.717, 1.165) is 25.1 Å². The van der Waals surface area contributed by atoms with Gasteiger partial charge in [0, 0.05) is 18.9 Å². The van der Waals surface area contributed by atoms with E-state index in [0.29, 0.717) is 12.2 Å². The SMILES string of the molecule is C=C(C)CC(=O)[C@@H]1CCNC1. The molecule has 1 rings (SSSR count). The van der Waals surface area contributed by atoms with Gasteiger partial charge >= 0.3 is 0 Å². The largest absolute Gasteiger partial charge is 0.316 e. The van der Waals surface area contributed by atoms with Crippen molar-refractivity contribution in [2.24, 2.45) is 5.92 Å². The van der Waals surface area contributed by atoms with Crippen LogP contribution in [0, 0.1) is 5.92 Å². The number of nitrogens with one attached hydrogen (secondary N) is 1. The molecule has 0 aromatic rings. The van der Waals surface area contributed by atoms with Crippen LogP contribution < -0.4 is 5.32 Å². The molecule has 0 amide bonds. The van der Waals surface area contributed by atoms with Gasteiger partial charge < -0.3 is 5.32 Å². The lowest BCUT2D eigenvalue weighted by Crippen LogP contribution is -2.17. The number of carbonyl (C=O) groups excluding carboxylic acids is 1. The quantitative estimate of drug-likeness (QED) is 0.616. The molecule has 1 aliphatic rings. The van der Waals surface area contributed by atoms with Gasteiger partial charge in [0.25, 0.3) is 0 Å². The monoisotopic (exact) mass is 153 g/mol. The van der Waals surface area contributed by atoms with Gasteiger partial charge in [0.15, 0.2) is 0 Å². The van der Waals surface area contributed by atoms with Gasteiger partial charge in [-0.05, 0) is 19.9 Å². The zero-order valence-electron chi connectivity index (χ0n) is 7.02. The third-order valence-corrected chi connectivity index (χ3v) is 1.99. The summed E-state index contributed by atoms with van der Waals surface area (Å²) in [6.45, 7) is 7.49. The molecule has 0 spiro atoms. The van der Waals surface area contributed by atoms with Gasteiger partial charge in [-0.15, -0.1) is 0 Å². The average molecular weight is 153 g/mol. The first-order chi connectivity index (χ1) is 5.20. The molecule has 62 valence electrons. The molecule has 0 saturated carbocycles. The van der Waals surface area contributed by atoms with Crippen molar-refractivity contribution in [1.82, 2.24) is 5.32 Å². The van der Waals surface area contributed by atoms with Gasteiger partial charge in [0.1, 0.15) is 5.78 Å². The van der Waals surface area contributed by atoms with Crippen molar-refractivity contribution in [2.75, 3.05) is 13.1 Å². The average Bonchev–Trinajstić information content (AvgIpc) is 2.35. The number of hydrogen-bond donors (Lipinski definition) is 1. The molecule has 1 atom stereocenters. The highest BCUT2D eigenvalue weighted by Crippen LogP contribution is 2.12. The number of Topliss-reactive ketones (excluding diaryl/α,β-unsaturated/α-hetero) is 1. The third-order valence-electron chi connectivity index (χ3n) is 1.99. The number of carbonyl (C=O) groups is 1. The van der Waals surface area contributed by atoms with Gasteiger partial charge in [-0.25, -0.2) is 0 Å². The highest BCUT2D eigenvalue weighted by atomic mass is 16.1. The Bertz CT molecular complexity index is 168. The summed E-state index contributed by atoms with van der Waals surface area (Å²) in [5.74, 6) is 0.606. The van der Waals surface area contributed by atoms with Gasteiger partial charge in [-0.3, -0.25) is 4.79 Å². The molecule has 2 nitrogen and oxygen atoms in total. The summed E-state index contributed by atoms with van der Waals surface area (Å²) in [6.07, 6.45) is 1.57. The fourth-order valence-electron chi connectivity index (χ4n) is 1.37. The third kappa shape index (κ3) is 2.46. The molecule has 2 heteroatoms. The van der Waals surface area contributed by atoms with Crippen LogP contribution in [0.15, 0.2) is 12.2 Å². The van der Waals surface area contributed by atoms with E-state index in [-0.39, 0.29) is 5.92 Å². The molecular formula is C9H15NO. The van der Waals surface area contributed by atoms with Gasteiger partial charge in [0.05, 0.1) is 0 Å². The summed E-state index contributed by atoms with van der Waals surface area (Å²) < 4.78 is 0. The van der Waals surface area contributed by atoms with Crippen molar-refractivity contribution in [3.8, 4) is 0 Å². The van der Waals surface area contributed by atoms with E-state index < -0.39 is 0 Å². The molecule has 1 N–H and O–H groups in total. The fraction of sp³-hybridized carbons (Fsp3) is 0.667. The van der Waals surface area contributed by atoms with E-state index in [9.17, 15) is 4.79 Å². The molecule has 1 saturated heterocycles. The molecule has 11 heavy (non-hydrogen) atoms. The van der Waals surface area contributed by atoms with Crippen LogP contribution in [-0.4, -0.2) is 18.9 Å². The Morgan fingerprint density at radius 3 is 2.91 bits per heavy atom. The summed E-state index contributed by atoms with van der Waals surface area (Å²) >= 11 is 0. The Morgan fingerprint density at radius 2 is 2.45 bits per heavy atom. The maximum absolute atomic E-state index is 11.4. The highest BCUT2D eigenvalue weighted by Gasteiger charge is 2.21. The second kappa shape index (κ2) is 3.67. The minimum atomic E-state index is 0.256. The maximum atomic E-state index is 11.4. The van der Waals surface area contributed by atoms with Crippen LogP contribution in [0.4, 0.5) is 0 Å². The predicted molar refractivity (Wildman–Crippen MR) is 45.4 cm³/mol. The van der Waals surface area contributed by atoms with Crippen molar-refractivity contribution in [1.29, 1.82) is 0 Å². The number of hydrogen-bond acceptors (Lipinski definition) is 2. The van der Waals surface area contributed by atoms with E-state index in [1.165, 1.54) is 0 Å². The first-order valence-electron chi connectivity index (χ1n) is 4.08. The lowest BCUT2D eigenvalue weighted by atomic mass is 9.98. The van der Waals surface area contributed by atoms with Crippen LogP contribution in [-0.2, 0) is 4.79 Å². The summed E-state index contributed by atoms with van der Waals surface area (Å²) in [5.41, 5.74) is 0.974. The Kier molecular flexibility index (Phi) is 2.83. The van der Waals surface area contributed by atoms with E-state index in [1.807, 2.05) is 6.92 Å². The van der Waals surface area contributed by atoms with Gasteiger partial charge in [-0.2, -0.15) is 0 Å². The Balaban J connectivity index is 2.34. The summed E-state index contributed by atoms with van der Waals surface area (Å²) in [6, 6.07) is 0. The van der Waals surface area contributed by atoms with Crippen LogP contribution in [0.5, 0.6) is 0 Å². The van der Waals surface area contributed by atoms with Crippen LogP contribution in [0.1, 0.15) is 19.8 Å². The van der Waals surface area contributed by atoms with Gasteiger partial charge in [0.2, 0.25) is 0 Å². The smallest absolute Gasteiger partial charge is 0.141 e. The topological polar surface area (TPSA) is 29.1 Å². The molecule has 1 fully saturated rings. The van der Waals surface area contributed by atoms with Crippen molar-refractivity contribution in [3.05, 3.63) is 12.2 Å². The molecule has 0 radical (unpaired) electrons. The van der Waals surface area contributed by atoms with Crippen molar-refractivity contribution in [2.45, 2.75) is 19.8 Å². The van der Waals surface area contributed by atoms with Crippen molar-refractivity contribution in [3.63, 3.8) is 0 Å². The van der Waals surface area contributed by atoms with Crippen LogP contribution in [0.3, 0.4) is 0 Å².